The Morgan fingerprint density at radius 1 is 0.920 bits per heavy atom. The lowest BCUT2D eigenvalue weighted by molar-refractivity contribution is 0.156. The third-order valence-corrected chi connectivity index (χ3v) is 5.30. The van der Waals surface area contributed by atoms with Gasteiger partial charge < -0.3 is 14.8 Å². The van der Waals surface area contributed by atoms with E-state index in [4.69, 9.17) is 0 Å². The number of hydrogen-bond donors (Lipinski definition) is 1. The Bertz CT molecular complexity index is 848. The molecular formula is C18H21N7. The van der Waals surface area contributed by atoms with E-state index in [1.807, 2.05) is 18.5 Å². The second-order valence-corrected chi connectivity index (χ2v) is 6.71. The summed E-state index contributed by atoms with van der Waals surface area (Å²) in [6.07, 6.45) is 5.44. The third kappa shape index (κ3) is 2.60. The molecule has 3 aromatic heterocycles. The molecule has 5 rings (SSSR count). The molecule has 2 saturated heterocycles. The van der Waals surface area contributed by atoms with E-state index in [2.05, 4.69) is 52.8 Å². The number of H-pyrrole nitrogens is 1. The Morgan fingerprint density at radius 2 is 1.80 bits per heavy atom. The fourth-order valence-electron chi connectivity index (χ4n) is 3.83. The normalized spacial score (nSPS) is 19.4. The Hall–Kier alpha value is -2.67. The molecule has 0 aliphatic carbocycles. The first-order valence-corrected chi connectivity index (χ1v) is 8.81. The second kappa shape index (κ2) is 6.00. The van der Waals surface area contributed by atoms with Crippen molar-refractivity contribution in [1.29, 1.82) is 0 Å². The third-order valence-electron chi connectivity index (χ3n) is 5.30. The summed E-state index contributed by atoms with van der Waals surface area (Å²) in [5, 5.41) is 1.11. The zero-order valence-corrected chi connectivity index (χ0v) is 14.0. The van der Waals surface area contributed by atoms with Gasteiger partial charge in [-0.3, -0.25) is 4.90 Å². The van der Waals surface area contributed by atoms with Gasteiger partial charge in [-0.25, -0.2) is 15.0 Å². The zero-order chi connectivity index (χ0) is 16.6. The van der Waals surface area contributed by atoms with Crippen LogP contribution in [0.15, 0.2) is 43.0 Å². The van der Waals surface area contributed by atoms with E-state index in [9.17, 15) is 0 Å². The maximum absolute atomic E-state index is 4.49. The summed E-state index contributed by atoms with van der Waals surface area (Å²) >= 11 is 0. The van der Waals surface area contributed by atoms with Gasteiger partial charge in [0.1, 0.15) is 23.6 Å². The SMILES string of the molecule is c1ccc(N2CCN(C3CN(c4ncnc5[nH]ccc45)C3)CC2)nc1. The number of nitrogens with zero attached hydrogens (tertiary/aromatic N) is 6. The maximum Gasteiger partial charge on any atom is 0.142 e. The average Bonchev–Trinajstić information content (AvgIpc) is 3.11. The van der Waals surface area contributed by atoms with E-state index in [0.29, 0.717) is 6.04 Å². The minimum absolute atomic E-state index is 0.620. The van der Waals surface area contributed by atoms with Crippen molar-refractivity contribution in [1.82, 2.24) is 24.8 Å². The summed E-state index contributed by atoms with van der Waals surface area (Å²) in [6.45, 7) is 6.37. The number of aromatic nitrogens is 4. The molecule has 0 saturated carbocycles. The molecule has 1 N–H and O–H groups in total. The molecule has 2 fully saturated rings. The molecular weight excluding hydrogens is 314 g/mol. The van der Waals surface area contributed by atoms with Crippen LogP contribution in [0, 0.1) is 0 Å². The molecule has 0 spiro atoms. The fourth-order valence-corrected chi connectivity index (χ4v) is 3.83. The molecule has 2 aliphatic heterocycles. The first-order chi connectivity index (χ1) is 12.4. The Kier molecular flexibility index (Phi) is 3.52. The highest BCUT2D eigenvalue weighted by Crippen LogP contribution is 2.28. The van der Waals surface area contributed by atoms with Crippen LogP contribution in [0.2, 0.25) is 0 Å². The summed E-state index contributed by atoms with van der Waals surface area (Å²) in [4.78, 5) is 23.7. The molecule has 7 nitrogen and oxygen atoms in total. The van der Waals surface area contributed by atoms with Gasteiger partial charge in [-0.05, 0) is 18.2 Å². The van der Waals surface area contributed by atoms with Crippen molar-refractivity contribution in [2.45, 2.75) is 6.04 Å². The van der Waals surface area contributed by atoms with Crippen LogP contribution in [0.4, 0.5) is 11.6 Å². The molecule has 0 radical (unpaired) electrons. The van der Waals surface area contributed by atoms with E-state index in [1.54, 1.807) is 6.33 Å². The van der Waals surface area contributed by atoms with Gasteiger partial charge in [0.25, 0.3) is 0 Å². The molecule has 5 heterocycles. The number of nitrogens with one attached hydrogen (secondary N) is 1. The second-order valence-electron chi connectivity index (χ2n) is 6.71. The molecule has 7 heteroatoms. The fraction of sp³-hybridized carbons (Fsp3) is 0.389. The molecule has 128 valence electrons. The van der Waals surface area contributed by atoms with Crippen molar-refractivity contribution in [2.75, 3.05) is 49.1 Å². The molecule has 3 aromatic rings. The van der Waals surface area contributed by atoms with Crippen LogP contribution >= 0.6 is 0 Å². The number of anilines is 2. The van der Waals surface area contributed by atoms with E-state index in [0.717, 1.165) is 61.9 Å². The van der Waals surface area contributed by atoms with Crippen molar-refractivity contribution < 1.29 is 0 Å². The summed E-state index contributed by atoms with van der Waals surface area (Å²) in [6, 6.07) is 8.80. The maximum atomic E-state index is 4.49. The Morgan fingerprint density at radius 3 is 2.60 bits per heavy atom. The molecule has 0 amide bonds. The van der Waals surface area contributed by atoms with Crippen molar-refractivity contribution in [2.24, 2.45) is 0 Å². The predicted molar refractivity (Wildman–Crippen MR) is 97.9 cm³/mol. The smallest absolute Gasteiger partial charge is 0.142 e. The summed E-state index contributed by atoms with van der Waals surface area (Å²) < 4.78 is 0. The summed E-state index contributed by atoms with van der Waals surface area (Å²) in [5.41, 5.74) is 0.914. The topological polar surface area (TPSA) is 64.2 Å². The van der Waals surface area contributed by atoms with Gasteiger partial charge in [-0.1, -0.05) is 6.07 Å². The van der Waals surface area contributed by atoms with Crippen LogP contribution in [0.5, 0.6) is 0 Å². The lowest BCUT2D eigenvalue weighted by atomic mass is 10.1. The molecule has 2 aliphatic rings. The van der Waals surface area contributed by atoms with Crippen LogP contribution in [0.3, 0.4) is 0 Å². The van der Waals surface area contributed by atoms with Crippen molar-refractivity contribution in [3.8, 4) is 0 Å². The lowest BCUT2D eigenvalue weighted by Gasteiger charge is -2.48. The minimum Gasteiger partial charge on any atom is -0.354 e. The molecule has 25 heavy (non-hydrogen) atoms. The molecule has 0 atom stereocenters. The number of rotatable bonds is 3. The van der Waals surface area contributed by atoms with Gasteiger partial charge in [-0.15, -0.1) is 0 Å². The van der Waals surface area contributed by atoms with Crippen LogP contribution in [-0.2, 0) is 0 Å². The van der Waals surface area contributed by atoms with Gasteiger partial charge in [-0.2, -0.15) is 0 Å². The highest BCUT2D eigenvalue weighted by Gasteiger charge is 2.35. The van der Waals surface area contributed by atoms with Gasteiger partial charge in [0.2, 0.25) is 0 Å². The van der Waals surface area contributed by atoms with Gasteiger partial charge in [0.15, 0.2) is 0 Å². The van der Waals surface area contributed by atoms with Gasteiger partial charge in [0.05, 0.1) is 5.39 Å². The van der Waals surface area contributed by atoms with E-state index in [-0.39, 0.29) is 0 Å². The summed E-state index contributed by atoms with van der Waals surface area (Å²) in [5.74, 6) is 2.14. The standard InChI is InChI=1S/C18H21N7/c1-2-5-19-16(3-1)24-9-7-23(8-10-24)14-11-25(12-14)18-15-4-6-20-17(15)21-13-22-18/h1-6,13-14H,7-12H2,(H,20,21,22). The number of fused-ring (bicyclic) bond motifs is 1. The van der Waals surface area contributed by atoms with Crippen molar-refractivity contribution in [3.05, 3.63) is 43.0 Å². The van der Waals surface area contributed by atoms with Crippen molar-refractivity contribution in [3.63, 3.8) is 0 Å². The highest BCUT2D eigenvalue weighted by molar-refractivity contribution is 5.87. The van der Waals surface area contributed by atoms with Crippen LogP contribution < -0.4 is 9.80 Å². The molecule has 0 aromatic carbocycles. The minimum atomic E-state index is 0.620. The van der Waals surface area contributed by atoms with Crippen LogP contribution in [0.25, 0.3) is 11.0 Å². The Labute approximate surface area is 146 Å². The van der Waals surface area contributed by atoms with E-state index in [1.165, 1.54) is 0 Å². The van der Waals surface area contributed by atoms with Crippen LogP contribution in [0.1, 0.15) is 0 Å². The zero-order valence-electron chi connectivity index (χ0n) is 14.0. The Balaban J connectivity index is 1.20. The first-order valence-electron chi connectivity index (χ1n) is 8.81. The predicted octanol–water partition coefficient (Wildman–Crippen LogP) is 1.36. The number of aromatic amines is 1. The monoisotopic (exact) mass is 335 g/mol. The van der Waals surface area contributed by atoms with Gasteiger partial charge in [0, 0.05) is 57.7 Å². The van der Waals surface area contributed by atoms with Gasteiger partial charge >= 0.3 is 0 Å². The number of piperazine rings is 1. The summed E-state index contributed by atoms with van der Waals surface area (Å²) in [7, 11) is 0. The van der Waals surface area contributed by atoms with E-state index >= 15 is 0 Å². The van der Waals surface area contributed by atoms with E-state index < -0.39 is 0 Å². The average molecular weight is 335 g/mol. The largest absolute Gasteiger partial charge is 0.354 e. The van der Waals surface area contributed by atoms with Crippen LogP contribution in [-0.4, -0.2) is 70.1 Å². The lowest BCUT2D eigenvalue weighted by Crippen LogP contribution is -2.63. The quantitative estimate of drug-likeness (QED) is 0.780. The molecule has 0 bridgehead atoms. The molecule has 0 unspecified atom stereocenters. The number of hydrogen-bond acceptors (Lipinski definition) is 6. The highest BCUT2D eigenvalue weighted by atomic mass is 15.4. The first kappa shape index (κ1) is 14.7. The number of pyridine rings is 1. The van der Waals surface area contributed by atoms with Crippen molar-refractivity contribution >= 4 is 22.7 Å².